The lowest BCUT2D eigenvalue weighted by Gasteiger charge is -2.41. The van der Waals surface area contributed by atoms with Gasteiger partial charge in [0, 0.05) is 55.1 Å². The van der Waals surface area contributed by atoms with Crippen LogP contribution in [0.15, 0.2) is 90.0 Å². The fourth-order valence-corrected chi connectivity index (χ4v) is 6.12. The second-order valence-electron chi connectivity index (χ2n) is 9.44. The van der Waals surface area contributed by atoms with Crippen LogP contribution in [0.2, 0.25) is 0 Å². The number of halogens is 1. The van der Waals surface area contributed by atoms with Gasteiger partial charge in [0.1, 0.15) is 10.7 Å². The van der Waals surface area contributed by atoms with Crippen molar-refractivity contribution in [2.75, 3.05) is 24.4 Å². The van der Waals surface area contributed by atoms with Gasteiger partial charge in [0.15, 0.2) is 0 Å². The van der Waals surface area contributed by atoms with Gasteiger partial charge < -0.3 is 4.90 Å². The zero-order chi connectivity index (χ0) is 26.7. The minimum Gasteiger partial charge on any atom is -0.333 e. The number of amides is 1. The molecule has 5 rings (SSSR count). The number of rotatable bonds is 7. The lowest BCUT2D eigenvalue weighted by Crippen LogP contribution is -2.54. The van der Waals surface area contributed by atoms with Crippen LogP contribution < -0.4 is 4.72 Å². The Balaban J connectivity index is 1.26. The standard InChI is InChI=1S/C29H29FN4O3S/c1-2-26-20-33(19-21-8-12-24(30)13-9-21)17-18-34(26)29(35)23-10-14-25(15-11-23)32-38(36,37)27-7-3-5-22-6-4-16-31-28(22)27/h3-16,26,32H,2,17-20H2,1H3. The molecule has 1 N–H and O–H groups in total. The topological polar surface area (TPSA) is 82.6 Å². The third-order valence-electron chi connectivity index (χ3n) is 6.89. The maximum Gasteiger partial charge on any atom is 0.264 e. The van der Waals surface area contributed by atoms with E-state index in [2.05, 4.69) is 21.5 Å². The average molecular weight is 533 g/mol. The molecule has 1 atom stereocenters. The smallest absolute Gasteiger partial charge is 0.264 e. The number of sulfonamides is 1. The molecule has 0 spiro atoms. The summed E-state index contributed by atoms with van der Waals surface area (Å²) in [6.07, 6.45) is 2.37. The van der Waals surface area contributed by atoms with Crippen molar-refractivity contribution in [2.45, 2.75) is 30.8 Å². The Morgan fingerprint density at radius 2 is 1.74 bits per heavy atom. The summed E-state index contributed by atoms with van der Waals surface area (Å²) in [5.74, 6) is -0.328. The molecule has 196 valence electrons. The first-order valence-corrected chi connectivity index (χ1v) is 14.1. The minimum atomic E-state index is -3.87. The van der Waals surface area contributed by atoms with Gasteiger partial charge in [-0.3, -0.25) is 19.4 Å². The number of hydrogen-bond acceptors (Lipinski definition) is 5. The van der Waals surface area contributed by atoms with Crippen LogP contribution in [0, 0.1) is 5.82 Å². The second-order valence-corrected chi connectivity index (χ2v) is 11.1. The monoisotopic (exact) mass is 532 g/mol. The van der Waals surface area contributed by atoms with Gasteiger partial charge in [-0.1, -0.05) is 37.3 Å². The normalized spacial score (nSPS) is 16.5. The van der Waals surface area contributed by atoms with Crippen molar-refractivity contribution in [3.05, 3.63) is 102 Å². The molecule has 9 heteroatoms. The summed E-state index contributed by atoms with van der Waals surface area (Å²) in [4.78, 5) is 21.9. The van der Waals surface area contributed by atoms with Gasteiger partial charge in [-0.25, -0.2) is 12.8 Å². The first-order valence-electron chi connectivity index (χ1n) is 12.6. The number of para-hydroxylation sites is 1. The van der Waals surface area contributed by atoms with Gasteiger partial charge in [-0.2, -0.15) is 0 Å². The summed E-state index contributed by atoms with van der Waals surface area (Å²) < 4.78 is 42.0. The van der Waals surface area contributed by atoms with Crippen molar-refractivity contribution in [2.24, 2.45) is 0 Å². The van der Waals surface area contributed by atoms with E-state index in [4.69, 9.17) is 0 Å². The van der Waals surface area contributed by atoms with E-state index in [0.717, 1.165) is 30.5 Å². The van der Waals surface area contributed by atoms with E-state index in [-0.39, 0.29) is 22.7 Å². The van der Waals surface area contributed by atoms with Crippen LogP contribution >= 0.6 is 0 Å². The van der Waals surface area contributed by atoms with Crippen LogP contribution in [0.25, 0.3) is 10.9 Å². The lowest BCUT2D eigenvalue weighted by atomic mass is 10.1. The summed E-state index contributed by atoms with van der Waals surface area (Å²) in [5, 5.41) is 0.736. The highest BCUT2D eigenvalue weighted by atomic mass is 32.2. The predicted molar refractivity (Wildman–Crippen MR) is 146 cm³/mol. The van der Waals surface area contributed by atoms with Crippen LogP contribution in [-0.2, 0) is 16.6 Å². The summed E-state index contributed by atoms with van der Waals surface area (Å²) in [6, 6.07) is 21.7. The highest BCUT2D eigenvalue weighted by molar-refractivity contribution is 7.93. The van der Waals surface area contributed by atoms with Crippen LogP contribution in [0.5, 0.6) is 0 Å². The summed E-state index contributed by atoms with van der Waals surface area (Å²) in [7, 11) is -3.87. The number of carbonyl (C=O) groups excluding carboxylic acids is 1. The van der Waals surface area contributed by atoms with Crippen molar-refractivity contribution in [1.29, 1.82) is 0 Å². The number of pyridine rings is 1. The van der Waals surface area contributed by atoms with Gasteiger partial charge in [-0.05, 0) is 60.5 Å². The Morgan fingerprint density at radius 3 is 2.47 bits per heavy atom. The summed E-state index contributed by atoms with van der Waals surface area (Å²) >= 11 is 0. The lowest BCUT2D eigenvalue weighted by molar-refractivity contribution is 0.0430. The molecule has 1 aliphatic rings. The van der Waals surface area contributed by atoms with E-state index in [9.17, 15) is 17.6 Å². The van der Waals surface area contributed by atoms with E-state index in [1.165, 1.54) is 18.2 Å². The SMILES string of the molecule is CCC1CN(Cc2ccc(F)cc2)CCN1C(=O)c1ccc(NS(=O)(=O)c2cccc3cccnc23)cc1. The van der Waals surface area contributed by atoms with Crippen LogP contribution in [0.4, 0.5) is 10.1 Å². The molecular weight excluding hydrogens is 503 g/mol. The molecule has 1 aliphatic heterocycles. The molecule has 2 heterocycles. The number of benzene rings is 3. The molecule has 0 bridgehead atoms. The summed E-state index contributed by atoms with van der Waals surface area (Å²) in [6.45, 7) is 4.81. The molecule has 7 nitrogen and oxygen atoms in total. The number of aromatic nitrogens is 1. The van der Waals surface area contributed by atoms with E-state index >= 15 is 0 Å². The molecule has 1 aromatic heterocycles. The van der Waals surface area contributed by atoms with Gasteiger partial charge >= 0.3 is 0 Å². The highest BCUT2D eigenvalue weighted by Crippen LogP contribution is 2.24. The molecule has 1 amide bonds. The third-order valence-corrected chi connectivity index (χ3v) is 8.30. The fraction of sp³-hybridized carbons (Fsp3) is 0.241. The second kappa shape index (κ2) is 10.9. The Labute approximate surface area is 222 Å². The van der Waals surface area contributed by atoms with Crippen molar-refractivity contribution >= 4 is 32.5 Å². The highest BCUT2D eigenvalue weighted by Gasteiger charge is 2.30. The maximum atomic E-state index is 13.4. The maximum absolute atomic E-state index is 13.4. The fourth-order valence-electron chi connectivity index (χ4n) is 4.88. The van der Waals surface area contributed by atoms with Gasteiger partial charge in [0.25, 0.3) is 15.9 Å². The predicted octanol–water partition coefficient (Wildman–Crippen LogP) is 4.91. The molecule has 38 heavy (non-hydrogen) atoms. The van der Waals surface area contributed by atoms with Crippen molar-refractivity contribution in [1.82, 2.24) is 14.8 Å². The zero-order valence-electron chi connectivity index (χ0n) is 21.0. The van der Waals surface area contributed by atoms with Crippen molar-refractivity contribution < 1.29 is 17.6 Å². The average Bonchev–Trinajstić information content (AvgIpc) is 2.93. The van der Waals surface area contributed by atoms with E-state index in [0.29, 0.717) is 29.9 Å². The Bertz CT molecular complexity index is 1540. The van der Waals surface area contributed by atoms with Gasteiger partial charge in [0.2, 0.25) is 0 Å². The van der Waals surface area contributed by atoms with Crippen molar-refractivity contribution in [3.63, 3.8) is 0 Å². The van der Waals surface area contributed by atoms with Gasteiger partial charge in [-0.15, -0.1) is 0 Å². The van der Waals surface area contributed by atoms with E-state index in [1.807, 2.05) is 17.0 Å². The first-order chi connectivity index (χ1) is 18.3. The van der Waals surface area contributed by atoms with Crippen LogP contribution in [0.3, 0.4) is 0 Å². The number of hydrogen-bond donors (Lipinski definition) is 1. The number of nitrogens with one attached hydrogen (secondary N) is 1. The van der Waals surface area contributed by atoms with Gasteiger partial charge in [0.05, 0.1) is 5.52 Å². The third kappa shape index (κ3) is 5.54. The molecule has 4 aromatic rings. The Morgan fingerprint density at radius 1 is 1.00 bits per heavy atom. The first kappa shape index (κ1) is 25.8. The van der Waals surface area contributed by atoms with Crippen molar-refractivity contribution in [3.8, 4) is 0 Å². The Kier molecular flexibility index (Phi) is 7.40. The van der Waals surface area contributed by atoms with Crippen LogP contribution in [0.1, 0.15) is 29.3 Å². The molecule has 3 aromatic carbocycles. The number of fused-ring (bicyclic) bond motifs is 1. The Hall–Kier alpha value is -3.82. The molecule has 1 fully saturated rings. The summed E-state index contributed by atoms with van der Waals surface area (Å²) in [5.41, 5.74) is 2.31. The van der Waals surface area contributed by atoms with Crippen LogP contribution in [-0.4, -0.2) is 54.8 Å². The molecule has 0 aliphatic carbocycles. The molecule has 1 saturated heterocycles. The van der Waals surface area contributed by atoms with E-state index < -0.39 is 10.0 Å². The minimum absolute atomic E-state index is 0.0498. The number of anilines is 1. The molecule has 0 saturated carbocycles. The molecule has 1 unspecified atom stereocenters. The number of carbonyl (C=O) groups is 1. The quantitative estimate of drug-likeness (QED) is 0.366. The zero-order valence-corrected chi connectivity index (χ0v) is 21.9. The van der Waals surface area contributed by atoms with E-state index in [1.54, 1.807) is 54.7 Å². The number of nitrogens with zero attached hydrogens (tertiary/aromatic N) is 3. The number of piperazine rings is 1. The molecule has 0 radical (unpaired) electrons. The largest absolute Gasteiger partial charge is 0.333 e. The molecular formula is C29H29FN4O3S.